The van der Waals surface area contributed by atoms with Crippen LogP contribution in [0.4, 0.5) is 0 Å². The molecular formula is C16H23NO3. The Morgan fingerprint density at radius 1 is 1.35 bits per heavy atom. The molecule has 1 aromatic rings. The lowest BCUT2D eigenvalue weighted by molar-refractivity contribution is -0.148. The Hall–Kier alpha value is -1.29. The molecule has 2 fully saturated rings. The molecule has 4 heteroatoms. The first kappa shape index (κ1) is 13.7. The number of likely N-dealkylation sites (tertiary alicyclic amines) is 1. The molecule has 0 bridgehead atoms. The number of piperidine rings is 1. The molecule has 0 radical (unpaired) electrons. The van der Waals surface area contributed by atoms with Crippen LogP contribution >= 0.6 is 0 Å². The van der Waals surface area contributed by atoms with Crippen LogP contribution in [-0.4, -0.2) is 28.1 Å². The number of hydrogen-bond acceptors (Lipinski definition) is 3. The van der Waals surface area contributed by atoms with Gasteiger partial charge in [0.15, 0.2) is 0 Å². The lowest BCUT2D eigenvalue weighted by atomic mass is 9.76. The number of carboxylic acid groups (broad SMARTS) is 1. The summed E-state index contributed by atoms with van der Waals surface area (Å²) in [6.45, 7) is 2.66. The van der Waals surface area contributed by atoms with E-state index in [2.05, 4.69) is 4.90 Å². The lowest BCUT2D eigenvalue weighted by Crippen LogP contribution is -2.54. The summed E-state index contributed by atoms with van der Waals surface area (Å²) in [6.07, 6.45) is 8.45. The normalized spacial score (nSPS) is 30.9. The molecule has 3 rings (SSSR count). The number of aryl methyl sites for hydroxylation is 1. The van der Waals surface area contributed by atoms with Gasteiger partial charge >= 0.3 is 5.97 Å². The van der Waals surface area contributed by atoms with E-state index in [1.807, 2.05) is 13.0 Å². The van der Waals surface area contributed by atoms with Crippen LogP contribution in [-0.2, 0) is 11.3 Å². The zero-order chi connectivity index (χ0) is 14.1. The standard InChI is InChI=1S/C16H23NO3/c1-11-8-9-20-15(11)10-17-13-5-3-2-4-12(13)6-7-14(17)16(18)19/h8-9,12-14H,2-7,10H2,1H3,(H,18,19). The summed E-state index contributed by atoms with van der Waals surface area (Å²) in [7, 11) is 0. The number of carboxylic acids is 1. The van der Waals surface area contributed by atoms with Gasteiger partial charge < -0.3 is 9.52 Å². The average Bonchev–Trinajstić information content (AvgIpc) is 2.84. The van der Waals surface area contributed by atoms with Crippen molar-refractivity contribution in [2.75, 3.05) is 0 Å². The maximum Gasteiger partial charge on any atom is 0.320 e. The summed E-state index contributed by atoms with van der Waals surface area (Å²) in [6, 6.07) is 2.02. The monoisotopic (exact) mass is 277 g/mol. The molecule has 1 N–H and O–H groups in total. The Kier molecular flexibility index (Phi) is 3.83. The van der Waals surface area contributed by atoms with E-state index in [0.717, 1.165) is 30.6 Å². The largest absolute Gasteiger partial charge is 0.480 e. The second kappa shape index (κ2) is 5.60. The molecule has 1 aromatic heterocycles. The van der Waals surface area contributed by atoms with Gasteiger partial charge in [0.05, 0.1) is 12.8 Å². The SMILES string of the molecule is Cc1ccoc1CN1C(C(=O)O)CCC2CCCCC21. The molecule has 1 aliphatic carbocycles. The van der Waals surface area contributed by atoms with E-state index in [1.54, 1.807) is 6.26 Å². The van der Waals surface area contributed by atoms with Crippen LogP contribution < -0.4 is 0 Å². The molecule has 1 saturated carbocycles. The molecule has 110 valence electrons. The number of carbonyl (C=O) groups is 1. The summed E-state index contributed by atoms with van der Waals surface area (Å²) in [4.78, 5) is 13.8. The number of nitrogens with zero attached hydrogens (tertiary/aromatic N) is 1. The highest BCUT2D eigenvalue weighted by Gasteiger charge is 2.41. The van der Waals surface area contributed by atoms with Gasteiger partial charge in [0.1, 0.15) is 11.8 Å². The Morgan fingerprint density at radius 3 is 2.85 bits per heavy atom. The van der Waals surface area contributed by atoms with Crippen LogP contribution in [0.5, 0.6) is 0 Å². The summed E-state index contributed by atoms with van der Waals surface area (Å²) in [5, 5.41) is 9.52. The maximum absolute atomic E-state index is 11.6. The Labute approximate surface area is 119 Å². The van der Waals surface area contributed by atoms with E-state index >= 15 is 0 Å². The molecule has 1 saturated heterocycles. The topological polar surface area (TPSA) is 53.7 Å². The summed E-state index contributed by atoms with van der Waals surface area (Å²) < 4.78 is 5.54. The van der Waals surface area contributed by atoms with Crippen LogP contribution in [0.15, 0.2) is 16.7 Å². The molecule has 0 spiro atoms. The van der Waals surface area contributed by atoms with Crippen molar-refractivity contribution in [3.05, 3.63) is 23.7 Å². The third-order valence-corrected chi connectivity index (χ3v) is 5.09. The van der Waals surface area contributed by atoms with E-state index in [0.29, 0.717) is 18.5 Å². The van der Waals surface area contributed by atoms with Crippen molar-refractivity contribution in [3.63, 3.8) is 0 Å². The number of rotatable bonds is 3. The van der Waals surface area contributed by atoms with Crippen LogP contribution in [0.3, 0.4) is 0 Å². The van der Waals surface area contributed by atoms with Gasteiger partial charge in [-0.3, -0.25) is 9.69 Å². The molecule has 0 aromatic carbocycles. The zero-order valence-corrected chi connectivity index (χ0v) is 12.0. The van der Waals surface area contributed by atoms with Crippen molar-refractivity contribution in [1.29, 1.82) is 0 Å². The minimum absolute atomic E-state index is 0.348. The fourth-order valence-corrected chi connectivity index (χ4v) is 3.96. The molecule has 4 nitrogen and oxygen atoms in total. The Balaban J connectivity index is 1.84. The van der Waals surface area contributed by atoms with Crippen LogP contribution in [0.25, 0.3) is 0 Å². The minimum atomic E-state index is -0.682. The first-order valence-electron chi connectivity index (χ1n) is 7.68. The number of hydrogen-bond donors (Lipinski definition) is 1. The molecule has 2 aliphatic rings. The van der Waals surface area contributed by atoms with Crippen molar-refractivity contribution < 1.29 is 14.3 Å². The molecule has 0 amide bonds. The van der Waals surface area contributed by atoms with Crippen LogP contribution in [0.1, 0.15) is 49.8 Å². The second-order valence-corrected chi connectivity index (χ2v) is 6.24. The van der Waals surface area contributed by atoms with Crippen molar-refractivity contribution in [2.24, 2.45) is 5.92 Å². The third kappa shape index (κ3) is 2.49. The zero-order valence-electron chi connectivity index (χ0n) is 12.0. The second-order valence-electron chi connectivity index (χ2n) is 6.24. The van der Waals surface area contributed by atoms with Crippen molar-refractivity contribution in [3.8, 4) is 0 Å². The van der Waals surface area contributed by atoms with Gasteiger partial charge in [-0.15, -0.1) is 0 Å². The predicted molar refractivity (Wildman–Crippen MR) is 75.4 cm³/mol. The van der Waals surface area contributed by atoms with Gasteiger partial charge in [-0.05, 0) is 50.2 Å². The number of furan rings is 1. The Morgan fingerprint density at radius 2 is 2.15 bits per heavy atom. The van der Waals surface area contributed by atoms with E-state index in [4.69, 9.17) is 4.42 Å². The number of fused-ring (bicyclic) bond motifs is 1. The van der Waals surface area contributed by atoms with Crippen molar-refractivity contribution >= 4 is 5.97 Å². The fraction of sp³-hybridized carbons (Fsp3) is 0.688. The highest BCUT2D eigenvalue weighted by molar-refractivity contribution is 5.73. The fourth-order valence-electron chi connectivity index (χ4n) is 3.96. The highest BCUT2D eigenvalue weighted by Crippen LogP contribution is 2.38. The molecule has 1 aliphatic heterocycles. The van der Waals surface area contributed by atoms with E-state index in [9.17, 15) is 9.90 Å². The summed E-state index contributed by atoms with van der Waals surface area (Å²) in [5.41, 5.74) is 1.12. The summed E-state index contributed by atoms with van der Waals surface area (Å²) in [5.74, 6) is 0.912. The molecule has 20 heavy (non-hydrogen) atoms. The van der Waals surface area contributed by atoms with Gasteiger partial charge in [0, 0.05) is 6.04 Å². The van der Waals surface area contributed by atoms with E-state index in [1.165, 1.54) is 19.3 Å². The maximum atomic E-state index is 11.6. The van der Waals surface area contributed by atoms with E-state index in [-0.39, 0.29) is 6.04 Å². The predicted octanol–water partition coefficient (Wildman–Crippen LogP) is 3.20. The van der Waals surface area contributed by atoms with Gasteiger partial charge in [-0.1, -0.05) is 12.8 Å². The molecule has 3 atom stereocenters. The molecule has 2 heterocycles. The average molecular weight is 277 g/mol. The van der Waals surface area contributed by atoms with Gasteiger partial charge in [-0.25, -0.2) is 0 Å². The smallest absolute Gasteiger partial charge is 0.320 e. The van der Waals surface area contributed by atoms with Gasteiger partial charge in [0.25, 0.3) is 0 Å². The molecular weight excluding hydrogens is 254 g/mol. The highest BCUT2D eigenvalue weighted by atomic mass is 16.4. The van der Waals surface area contributed by atoms with Gasteiger partial charge in [0.2, 0.25) is 0 Å². The lowest BCUT2D eigenvalue weighted by Gasteiger charge is -2.47. The summed E-state index contributed by atoms with van der Waals surface area (Å²) >= 11 is 0. The Bertz CT molecular complexity index is 482. The van der Waals surface area contributed by atoms with Crippen molar-refractivity contribution in [1.82, 2.24) is 4.90 Å². The first-order valence-corrected chi connectivity index (χ1v) is 7.68. The minimum Gasteiger partial charge on any atom is -0.480 e. The first-order chi connectivity index (χ1) is 9.66. The molecule has 3 unspecified atom stereocenters. The van der Waals surface area contributed by atoms with Crippen LogP contribution in [0, 0.1) is 12.8 Å². The number of aliphatic carboxylic acids is 1. The third-order valence-electron chi connectivity index (χ3n) is 5.09. The van der Waals surface area contributed by atoms with E-state index < -0.39 is 5.97 Å². The van der Waals surface area contributed by atoms with Crippen molar-refractivity contribution in [2.45, 2.75) is 64.1 Å². The quantitative estimate of drug-likeness (QED) is 0.922. The van der Waals surface area contributed by atoms with Crippen LogP contribution in [0.2, 0.25) is 0 Å². The van der Waals surface area contributed by atoms with Gasteiger partial charge in [-0.2, -0.15) is 0 Å².